The summed E-state index contributed by atoms with van der Waals surface area (Å²) in [5.41, 5.74) is 0. The van der Waals surface area contributed by atoms with Crippen LogP contribution in [0, 0.1) is 11.8 Å². The van der Waals surface area contributed by atoms with Crippen LogP contribution in [0.5, 0.6) is 0 Å². The topological polar surface area (TPSA) is 64.7 Å². The van der Waals surface area contributed by atoms with E-state index in [-0.39, 0.29) is 36.6 Å². The molecule has 0 bridgehead atoms. The first kappa shape index (κ1) is 25.5. The molecular weight excluding hydrogens is 399 g/mol. The van der Waals surface area contributed by atoms with Crippen molar-refractivity contribution in [2.24, 2.45) is 11.8 Å². The fraction of sp³-hybridized carbons (Fsp3) is 0.900. The highest BCUT2D eigenvalue weighted by Crippen LogP contribution is 2.23. The Morgan fingerprint density at radius 3 is 2.46 bits per heavy atom. The Labute approximate surface area is 182 Å². The van der Waals surface area contributed by atoms with Gasteiger partial charge in [-0.3, -0.25) is 14.5 Å². The molecule has 3 unspecified atom stereocenters. The summed E-state index contributed by atoms with van der Waals surface area (Å²) in [5, 5.41) is 6.58. The number of nitrogens with zero attached hydrogens (tertiary/aromatic N) is 2. The van der Waals surface area contributed by atoms with E-state index in [2.05, 4.69) is 22.5 Å². The van der Waals surface area contributed by atoms with Crippen molar-refractivity contribution in [3.8, 4) is 0 Å². The van der Waals surface area contributed by atoms with Crippen molar-refractivity contribution in [1.82, 2.24) is 20.4 Å². The maximum absolute atomic E-state index is 12.4. The zero-order chi connectivity index (χ0) is 18.4. The van der Waals surface area contributed by atoms with Gasteiger partial charge in [-0.1, -0.05) is 19.8 Å². The lowest BCUT2D eigenvalue weighted by Gasteiger charge is -2.35. The lowest BCUT2D eigenvalue weighted by molar-refractivity contribution is -0.133. The van der Waals surface area contributed by atoms with E-state index in [9.17, 15) is 9.59 Å². The Morgan fingerprint density at radius 1 is 1.07 bits per heavy atom. The van der Waals surface area contributed by atoms with Crippen LogP contribution in [0.25, 0.3) is 0 Å². The number of amides is 2. The van der Waals surface area contributed by atoms with Crippen molar-refractivity contribution in [3.05, 3.63) is 0 Å². The van der Waals surface area contributed by atoms with Gasteiger partial charge < -0.3 is 15.5 Å². The van der Waals surface area contributed by atoms with Gasteiger partial charge in [-0.15, -0.1) is 24.8 Å². The Bertz CT molecular complexity index is 481. The molecule has 2 N–H and O–H groups in total. The zero-order valence-electron chi connectivity index (χ0n) is 17.2. The molecule has 8 heteroatoms. The highest BCUT2D eigenvalue weighted by Gasteiger charge is 2.25. The number of carbonyl (C=O) groups is 2. The number of hydrogen-bond donors (Lipinski definition) is 2. The first-order chi connectivity index (χ1) is 12.6. The predicted molar refractivity (Wildman–Crippen MR) is 117 cm³/mol. The second-order valence-corrected chi connectivity index (χ2v) is 8.59. The molecule has 0 radical (unpaired) electrons. The highest BCUT2D eigenvalue weighted by atomic mass is 35.5. The summed E-state index contributed by atoms with van der Waals surface area (Å²) in [6.07, 6.45) is 7.64. The molecule has 6 nitrogen and oxygen atoms in total. The van der Waals surface area contributed by atoms with Gasteiger partial charge >= 0.3 is 0 Å². The number of halogens is 2. The molecule has 2 aliphatic heterocycles. The molecule has 0 spiro atoms. The van der Waals surface area contributed by atoms with Gasteiger partial charge in [-0.2, -0.15) is 0 Å². The van der Waals surface area contributed by atoms with E-state index in [0.29, 0.717) is 24.9 Å². The third kappa shape index (κ3) is 8.05. The van der Waals surface area contributed by atoms with Crippen molar-refractivity contribution in [3.63, 3.8) is 0 Å². The van der Waals surface area contributed by atoms with Crippen molar-refractivity contribution < 1.29 is 9.59 Å². The van der Waals surface area contributed by atoms with Gasteiger partial charge in [0, 0.05) is 38.6 Å². The minimum Gasteiger partial charge on any atom is -0.352 e. The van der Waals surface area contributed by atoms with E-state index in [1.165, 1.54) is 19.3 Å². The SMILES string of the molecule is CC1CCCC(NC(=O)CN2CCN(C(=O)CCC3CCNC3)CC2)C1.Cl.Cl. The average Bonchev–Trinajstić information content (AvgIpc) is 3.14. The molecule has 28 heavy (non-hydrogen) atoms. The standard InChI is InChI=1S/C20H36N4O2.2ClH/c1-16-3-2-4-18(13-16)22-19(25)15-23-9-11-24(12-10-23)20(26)6-5-17-7-8-21-14-17;;/h16-18,21H,2-15H2,1H3,(H,22,25);2*1H. The summed E-state index contributed by atoms with van der Waals surface area (Å²) in [6, 6.07) is 0.360. The Morgan fingerprint density at radius 2 is 1.82 bits per heavy atom. The van der Waals surface area contributed by atoms with E-state index >= 15 is 0 Å². The fourth-order valence-corrected chi connectivity index (χ4v) is 4.64. The van der Waals surface area contributed by atoms with Crippen LogP contribution in [0.2, 0.25) is 0 Å². The van der Waals surface area contributed by atoms with Gasteiger partial charge in [0.2, 0.25) is 11.8 Å². The molecule has 0 aromatic heterocycles. The van der Waals surface area contributed by atoms with E-state index in [0.717, 1.165) is 64.4 Å². The smallest absolute Gasteiger partial charge is 0.234 e. The normalized spacial score (nSPS) is 28.2. The average molecular weight is 437 g/mol. The van der Waals surface area contributed by atoms with Crippen LogP contribution in [-0.2, 0) is 9.59 Å². The molecule has 3 fully saturated rings. The molecule has 3 aliphatic rings. The van der Waals surface area contributed by atoms with Crippen LogP contribution >= 0.6 is 24.8 Å². The summed E-state index contributed by atoms with van der Waals surface area (Å²) >= 11 is 0. The fourth-order valence-electron chi connectivity index (χ4n) is 4.64. The molecule has 164 valence electrons. The van der Waals surface area contributed by atoms with Crippen LogP contribution in [0.15, 0.2) is 0 Å². The summed E-state index contributed by atoms with van der Waals surface area (Å²) in [5.74, 6) is 1.84. The summed E-state index contributed by atoms with van der Waals surface area (Å²) < 4.78 is 0. The summed E-state index contributed by atoms with van der Waals surface area (Å²) in [4.78, 5) is 28.9. The molecule has 2 saturated heterocycles. The van der Waals surface area contributed by atoms with Gasteiger partial charge in [0.1, 0.15) is 0 Å². The second-order valence-electron chi connectivity index (χ2n) is 8.59. The van der Waals surface area contributed by atoms with Crippen LogP contribution in [0.3, 0.4) is 0 Å². The molecule has 2 amide bonds. The first-order valence-corrected chi connectivity index (χ1v) is 10.6. The largest absolute Gasteiger partial charge is 0.352 e. The first-order valence-electron chi connectivity index (χ1n) is 10.6. The predicted octanol–water partition coefficient (Wildman–Crippen LogP) is 2.06. The minimum absolute atomic E-state index is 0. The Kier molecular flexibility index (Phi) is 11.7. The van der Waals surface area contributed by atoms with Crippen LogP contribution < -0.4 is 10.6 Å². The number of nitrogens with one attached hydrogen (secondary N) is 2. The monoisotopic (exact) mass is 436 g/mol. The highest BCUT2D eigenvalue weighted by molar-refractivity contribution is 5.85. The van der Waals surface area contributed by atoms with E-state index < -0.39 is 0 Å². The summed E-state index contributed by atoms with van der Waals surface area (Å²) in [7, 11) is 0. The quantitative estimate of drug-likeness (QED) is 0.668. The van der Waals surface area contributed by atoms with Gasteiger partial charge in [-0.05, 0) is 50.6 Å². The van der Waals surface area contributed by atoms with Gasteiger partial charge in [0.15, 0.2) is 0 Å². The summed E-state index contributed by atoms with van der Waals surface area (Å²) in [6.45, 7) is 8.05. The van der Waals surface area contributed by atoms with Crippen LogP contribution in [-0.4, -0.2) is 73.5 Å². The number of piperazine rings is 1. The van der Waals surface area contributed by atoms with Gasteiger partial charge in [0.05, 0.1) is 6.54 Å². The molecular formula is C20H38Cl2N4O2. The second kappa shape index (κ2) is 12.9. The van der Waals surface area contributed by atoms with Gasteiger partial charge in [-0.25, -0.2) is 0 Å². The minimum atomic E-state index is 0. The van der Waals surface area contributed by atoms with Crippen molar-refractivity contribution >= 4 is 36.6 Å². The van der Waals surface area contributed by atoms with Crippen molar-refractivity contribution in [1.29, 1.82) is 0 Å². The molecule has 0 aromatic rings. The molecule has 1 saturated carbocycles. The lowest BCUT2D eigenvalue weighted by Crippen LogP contribution is -2.52. The number of rotatable bonds is 6. The number of carbonyl (C=O) groups excluding carboxylic acids is 2. The van der Waals surface area contributed by atoms with E-state index in [4.69, 9.17) is 0 Å². The number of hydrogen-bond acceptors (Lipinski definition) is 4. The Hall–Kier alpha value is -0.560. The van der Waals surface area contributed by atoms with E-state index in [1.54, 1.807) is 0 Å². The molecule has 2 heterocycles. The maximum Gasteiger partial charge on any atom is 0.234 e. The van der Waals surface area contributed by atoms with Crippen molar-refractivity contribution in [2.75, 3.05) is 45.8 Å². The third-order valence-corrected chi connectivity index (χ3v) is 6.32. The Balaban J connectivity index is 0.00000196. The zero-order valence-corrected chi connectivity index (χ0v) is 18.8. The molecule has 0 aromatic carbocycles. The lowest BCUT2D eigenvalue weighted by atomic mass is 9.87. The third-order valence-electron chi connectivity index (χ3n) is 6.32. The molecule has 3 rings (SSSR count). The van der Waals surface area contributed by atoms with Crippen LogP contribution in [0.4, 0.5) is 0 Å². The molecule has 1 aliphatic carbocycles. The molecule has 3 atom stereocenters. The maximum atomic E-state index is 12.4. The van der Waals surface area contributed by atoms with Gasteiger partial charge in [0.25, 0.3) is 0 Å². The van der Waals surface area contributed by atoms with Crippen molar-refractivity contribution in [2.45, 2.75) is 57.9 Å². The van der Waals surface area contributed by atoms with Crippen LogP contribution in [0.1, 0.15) is 51.9 Å². The van der Waals surface area contributed by atoms with E-state index in [1.807, 2.05) is 4.90 Å².